The van der Waals surface area contributed by atoms with Gasteiger partial charge in [-0.3, -0.25) is 9.59 Å². The van der Waals surface area contributed by atoms with Gasteiger partial charge in [0.25, 0.3) is 0 Å². The Morgan fingerprint density at radius 2 is 0.495 bits per heavy atom. The Morgan fingerprint density at radius 1 is 0.252 bits per heavy atom. The first-order valence-corrected chi connectivity index (χ1v) is 33.2. The van der Waals surface area contributed by atoms with Crippen LogP contribution in [-0.2, 0) is 90.1 Å². The van der Waals surface area contributed by atoms with Gasteiger partial charge in [0.2, 0.25) is 11.8 Å². The highest BCUT2D eigenvalue weighted by Crippen LogP contribution is 2.41. The van der Waals surface area contributed by atoms with Crippen LogP contribution in [0, 0.1) is 0 Å². The van der Waals surface area contributed by atoms with Crippen LogP contribution >= 0.6 is 0 Å². The maximum absolute atomic E-state index is 13.5. The van der Waals surface area contributed by atoms with E-state index in [0.29, 0.717) is 0 Å². The van der Waals surface area contributed by atoms with Crippen LogP contribution in [0.15, 0.2) is 0 Å². The van der Waals surface area contributed by atoms with E-state index in [9.17, 15) is 132 Å². The monoisotopic (exact) mass is 1510 g/mol. The first-order chi connectivity index (χ1) is 48.6. The molecule has 9 saturated heterocycles. The summed E-state index contributed by atoms with van der Waals surface area (Å²) in [5.74, 6) is -1.96. The van der Waals surface area contributed by atoms with Gasteiger partial charge in [-0.15, -0.1) is 0 Å². The second-order valence-electron chi connectivity index (χ2n) is 26.6. The molecule has 45 nitrogen and oxygen atoms in total. The minimum absolute atomic E-state index is 0.928. The van der Waals surface area contributed by atoms with Gasteiger partial charge in [0.05, 0.1) is 58.0 Å². The van der Waals surface area contributed by atoms with Crippen molar-refractivity contribution in [3.63, 3.8) is 0 Å². The smallest absolute Gasteiger partial charge is 0.217 e. The van der Waals surface area contributed by atoms with Crippen molar-refractivity contribution in [2.45, 2.75) is 311 Å². The van der Waals surface area contributed by atoms with Gasteiger partial charge in [-0.2, -0.15) is 0 Å². The number of hydrogen-bond donors (Lipinski definition) is 26. The average molecular weight is 1510 g/mol. The highest BCUT2D eigenvalue weighted by molar-refractivity contribution is 5.73. The van der Waals surface area contributed by atoms with Gasteiger partial charge in [0.1, 0.15) is 201 Å². The van der Waals surface area contributed by atoms with Crippen LogP contribution in [0.3, 0.4) is 0 Å². The van der Waals surface area contributed by atoms with Crippen LogP contribution in [0.4, 0.5) is 0 Å². The van der Waals surface area contributed by atoms with Crippen molar-refractivity contribution in [2.75, 3.05) is 39.6 Å². The summed E-state index contributed by atoms with van der Waals surface area (Å²) in [5.41, 5.74) is 0. The number of hydrogen-bond acceptors (Lipinski definition) is 43. The molecule has 0 saturated carbocycles. The fourth-order valence-electron chi connectivity index (χ4n) is 13.6. The zero-order valence-electron chi connectivity index (χ0n) is 55.7. The van der Waals surface area contributed by atoms with Crippen LogP contribution in [0.25, 0.3) is 0 Å². The molecule has 0 spiro atoms. The summed E-state index contributed by atoms with van der Waals surface area (Å²) in [6.45, 7) is -1.10. The van der Waals surface area contributed by atoms with E-state index in [0.717, 1.165) is 13.8 Å². The fraction of sp³-hybridized carbons (Fsp3) is 0.966. The third kappa shape index (κ3) is 17.9. The summed E-state index contributed by atoms with van der Waals surface area (Å²) in [6.07, 6.45) is -85.9. The molecule has 45 heteroatoms. The van der Waals surface area contributed by atoms with Crippen molar-refractivity contribution in [3.05, 3.63) is 0 Å². The zero-order chi connectivity index (χ0) is 75.8. The predicted molar refractivity (Wildman–Crippen MR) is 316 cm³/mol. The van der Waals surface area contributed by atoms with Crippen molar-refractivity contribution in [3.8, 4) is 0 Å². The normalized spacial score (nSPS) is 52.3. The molecule has 1 unspecified atom stereocenters. The molecule has 0 aromatic heterocycles. The van der Waals surface area contributed by atoms with Gasteiger partial charge in [-0.1, -0.05) is 0 Å². The first-order valence-electron chi connectivity index (χ1n) is 33.2. The zero-order valence-corrected chi connectivity index (χ0v) is 55.7. The molecule has 103 heavy (non-hydrogen) atoms. The lowest BCUT2D eigenvalue weighted by atomic mass is 9.93. The van der Waals surface area contributed by atoms with Gasteiger partial charge in [0.15, 0.2) is 56.6 Å². The average Bonchev–Trinajstić information content (AvgIpc) is 0.763. The van der Waals surface area contributed by atoms with Crippen LogP contribution < -0.4 is 10.6 Å². The van der Waals surface area contributed by atoms with Crippen LogP contribution in [0.1, 0.15) is 34.6 Å². The Kier molecular flexibility index (Phi) is 29.5. The van der Waals surface area contributed by atoms with Crippen molar-refractivity contribution < 1.29 is 213 Å². The summed E-state index contributed by atoms with van der Waals surface area (Å²) in [6, 6.07) is -3.99. The molecule has 9 aliphatic heterocycles. The molecule has 0 aromatic carbocycles. The van der Waals surface area contributed by atoms with Crippen molar-refractivity contribution >= 4 is 11.8 Å². The van der Waals surface area contributed by atoms with E-state index >= 15 is 0 Å². The molecule has 2 amide bonds. The predicted octanol–water partition coefficient (Wildman–Crippen LogP) is -17.3. The number of carbonyl (C=O) groups is 2. The summed E-state index contributed by atoms with van der Waals surface area (Å²) >= 11 is 0. The number of aliphatic hydroxyl groups is 24. The van der Waals surface area contributed by atoms with E-state index in [1.54, 1.807) is 0 Å². The van der Waals surface area contributed by atoms with Crippen LogP contribution in [0.5, 0.6) is 0 Å². The Morgan fingerprint density at radius 3 is 0.816 bits per heavy atom. The lowest BCUT2D eigenvalue weighted by Gasteiger charge is -2.52. The van der Waals surface area contributed by atoms with Gasteiger partial charge >= 0.3 is 0 Å². The number of amides is 2. The lowest BCUT2D eigenvalue weighted by molar-refractivity contribution is -0.402. The maximum Gasteiger partial charge on any atom is 0.217 e. The third-order valence-electron chi connectivity index (χ3n) is 19.5. The van der Waals surface area contributed by atoms with E-state index in [1.165, 1.54) is 20.8 Å². The molecule has 26 N–H and O–H groups in total. The van der Waals surface area contributed by atoms with E-state index in [2.05, 4.69) is 10.6 Å². The van der Waals surface area contributed by atoms with Crippen molar-refractivity contribution in [2.24, 2.45) is 0 Å². The van der Waals surface area contributed by atoms with Crippen molar-refractivity contribution in [1.29, 1.82) is 0 Å². The SMILES string of the molecule is CC(=O)N[C@H]1[C@H](O[C@H]2[C@@H](O)[C@@H](CO)O[C@@H](O[C@H]3[C@H](O[C@@H]4O[C@@H](C)[C@@H](O)[C@@H](O)[C@@H]4O)[C@@H](NC(C)=O)[C@H](O[C@H]4[C@@H](O)[C@@H](CO)O[C@@H](O[C@H]5[C@H](O[C@@H]6O[C@@H](C)[C@@H](O)[C@@H](O)[C@@H]6O)[C@@H](O)C(O)O[C@@H]5CO)[C@@H]4O)O[C@@H]3CO)[C@@H]2O)O[C@H](CO)[C@@H](O[C@@H]2O[C@@H](C)[C@@H](O)[C@@H](O)[C@@H]2O)[C@@H]1O[C@@H]1O[C@H](CO)[C@H](O)[C@H](O)[C@H]1O. The van der Waals surface area contributed by atoms with Gasteiger partial charge in [-0.25, -0.2) is 0 Å². The number of ether oxygens (including phenoxy) is 17. The summed E-state index contributed by atoms with van der Waals surface area (Å²) in [7, 11) is 0. The number of nitrogens with one attached hydrogen (secondary N) is 2. The molecule has 598 valence electrons. The van der Waals surface area contributed by atoms with Crippen LogP contribution in [-0.4, -0.2) is 450 Å². The van der Waals surface area contributed by atoms with E-state index < -0.39 is 328 Å². The number of carbonyl (C=O) groups excluding carboxylic acids is 2. The van der Waals surface area contributed by atoms with Gasteiger partial charge in [-0.05, 0) is 20.8 Å². The van der Waals surface area contributed by atoms with Gasteiger partial charge < -0.3 is 214 Å². The first kappa shape index (κ1) is 84.3. The standard InChI is InChI=1S/C58H98N2O43/c1-12-25(69)31(75)35(79)53(87-12)96-42-21(10-65)94-52(24(60-16(5)68)46(42)100-56-38(82)34(78)28(72)17(6-61)91-56)101-47-29(73)18(7-62)92-57(40(47)84)97-43-22(11-66)95-51(23(59-15(4)67)45(43)99-54-36(80)32(76)26(70)13(2)88-54)102-48-30(74)19(8-63)93-58(41(48)85)98-44-20(9-64)90-50(86)39(83)49(44)103-55-37(81)33(77)27(71)14(3)89-55/h12-14,17-58,61-66,69-86H,6-11H2,1-5H3,(H,59,67)(H,60,68)/t12-,13-,14-,17+,18+,19+,20+,21+,22+,23+,24+,25+,26+,27+,28-,29-,30-,31+,32+,33+,34-,35-,36-,37-,38+,39+,40+,41+,42+,43+,44+,45+,46+,47-,48-,49+,50?,51-,52-,53-,54-,55-,56-,57-,58-/m0/s1. The second kappa shape index (κ2) is 36.0. The Bertz CT molecular complexity index is 2660. The fourth-order valence-corrected chi connectivity index (χ4v) is 13.6. The topological polar surface area (TPSA) is 701 Å². The minimum Gasteiger partial charge on any atom is -0.394 e. The second-order valence-corrected chi connectivity index (χ2v) is 26.6. The molecule has 9 rings (SSSR count). The van der Waals surface area contributed by atoms with Gasteiger partial charge in [0, 0.05) is 13.8 Å². The van der Waals surface area contributed by atoms with Crippen molar-refractivity contribution in [1.82, 2.24) is 10.6 Å². The minimum atomic E-state index is -2.47. The Balaban J connectivity index is 1.04. The molecular weight excluding hydrogens is 1410 g/mol. The molecule has 0 bridgehead atoms. The summed E-state index contributed by atoms with van der Waals surface area (Å²) in [4.78, 5) is 26.8. The summed E-state index contributed by atoms with van der Waals surface area (Å²) < 4.78 is 101. The molecular formula is C58H98N2O43. The highest BCUT2D eigenvalue weighted by Gasteiger charge is 2.62. The molecule has 0 radical (unpaired) electrons. The molecule has 45 atom stereocenters. The quantitative estimate of drug-likeness (QED) is 0.0427. The maximum atomic E-state index is 13.5. The number of rotatable bonds is 24. The van der Waals surface area contributed by atoms with E-state index in [4.69, 9.17) is 80.5 Å². The molecule has 9 heterocycles. The Hall–Kier alpha value is -2.70. The highest BCUT2D eigenvalue weighted by atomic mass is 16.8. The summed E-state index contributed by atoms with van der Waals surface area (Å²) in [5, 5.41) is 270. The molecule has 0 aliphatic carbocycles. The number of aliphatic hydroxyl groups excluding tert-OH is 24. The van der Waals surface area contributed by atoms with E-state index in [1.807, 2.05) is 0 Å². The lowest BCUT2D eigenvalue weighted by Crippen LogP contribution is -2.72. The molecule has 9 aliphatic rings. The third-order valence-corrected chi connectivity index (χ3v) is 19.5. The largest absolute Gasteiger partial charge is 0.394 e. The molecule has 9 fully saturated rings. The van der Waals surface area contributed by atoms with E-state index in [-0.39, 0.29) is 0 Å². The Labute approximate surface area is 584 Å². The molecule has 0 aromatic rings. The van der Waals surface area contributed by atoms with Crippen LogP contribution in [0.2, 0.25) is 0 Å².